The van der Waals surface area contributed by atoms with Gasteiger partial charge in [-0.05, 0) is 112 Å². The molecule has 3 aromatic carbocycles. The quantitative estimate of drug-likeness (QED) is 0.0886. The molecule has 16 nitrogen and oxygen atoms in total. The number of rotatable bonds is 14. The van der Waals surface area contributed by atoms with Crippen molar-refractivity contribution in [2.45, 2.75) is 50.5 Å². The van der Waals surface area contributed by atoms with Crippen molar-refractivity contribution in [2.75, 3.05) is 75.5 Å². The van der Waals surface area contributed by atoms with Crippen molar-refractivity contribution in [1.29, 1.82) is 0 Å². The van der Waals surface area contributed by atoms with Crippen LogP contribution in [-0.4, -0.2) is 125 Å². The Morgan fingerprint density at radius 2 is 1.67 bits per heavy atom. The van der Waals surface area contributed by atoms with Crippen LogP contribution < -0.4 is 25.6 Å². The maximum absolute atomic E-state index is 13.4. The van der Waals surface area contributed by atoms with Gasteiger partial charge in [-0.15, -0.1) is 0 Å². The number of ether oxygens (including phenoxy) is 1. The fourth-order valence-electron chi connectivity index (χ4n) is 10.0. The van der Waals surface area contributed by atoms with E-state index in [-0.39, 0.29) is 30.6 Å². The molecule has 0 spiro atoms. The summed E-state index contributed by atoms with van der Waals surface area (Å²) in [5.41, 5.74) is 6.63. The number of carbonyl (C=O) groups excluding carboxylic acids is 5. The number of likely N-dealkylation sites (tertiary alicyclic amines) is 2. The minimum absolute atomic E-state index is 0.0963. The molecule has 342 valence electrons. The Morgan fingerprint density at radius 1 is 0.909 bits per heavy atom. The number of carbonyl (C=O) groups is 5. The molecule has 1 unspecified atom stereocenters. The maximum Gasteiger partial charge on any atom is 0.262 e. The number of fused-ring (bicyclic) bond motifs is 2. The largest absolute Gasteiger partial charge is 0.494 e. The van der Waals surface area contributed by atoms with Crippen LogP contribution in [0.1, 0.15) is 70.7 Å². The molecule has 0 radical (unpaired) electrons. The van der Waals surface area contributed by atoms with Gasteiger partial charge in [0.05, 0.1) is 41.0 Å². The van der Waals surface area contributed by atoms with Crippen LogP contribution in [0.2, 0.25) is 0 Å². The van der Waals surface area contributed by atoms with Crippen molar-refractivity contribution >= 4 is 63.4 Å². The molecule has 3 saturated heterocycles. The van der Waals surface area contributed by atoms with E-state index in [2.05, 4.69) is 65.1 Å². The van der Waals surface area contributed by atoms with Gasteiger partial charge in [0.1, 0.15) is 11.8 Å². The predicted molar refractivity (Wildman–Crippen MR) is 253 cm³/mol. The molecule has 9 rings (SSSR count). The number of hydrogen-bond donors (Lipinski definition) is 3. The third-order valence-electron chi connectivity index (χ3n) is 13.7. The lowest BCUT2D eigenvalue weighted by Gasteiger charge is -2.38. The highest BCUT2D eigenvalue weighted by atomic mass is 16.5. The molecule has 1 atom stereocenters. The van der Waals surface area contributed by atoms with E-state index in [1.165, 1.54) is 6.08 Å². The average Bonchev–Trinajstić information content (AvgIpc) is 3.80. The van der Waals surface area contributed by atoms with Crippen LogP contribution in [-0.2, 0) is 21.4 Å². The second-order valence-corrected chi connectivity index (χ2v) is 17.9. The first-order chi connectivity index (χ1) is 32.0. The number of benzene rings is 3. The molecule has 2 aromatic heterocycles. The van der Waals surface area contributed by atoms with E-state index in [1.807, 2.05) is 56.6 Å². The molecule has 3 N–H and O–H groups in total. The number of likely N-dealkylation sites (N-methyl/N-ethyl adjacent to an activating group) is 1. The third-order valence-corrected chi connectivity index (χ3v) is 13.7. The van der Waals surface area contributed by atoms with Crippen molar-refractivity contribution in [1.82, 2.24) is 34.6 Å². The molecular formula is C50H56N10O6. The monoisotopic (exact) mass is 892 g/mol. The smallest absolute Gasteiger partial charge is 0.262 e. The van der Waals surface area contributed by atoms with Crippen molar-refractivity contribution in [3.63, 3.8) is 0 Å². The van der Waals surface area contributed by atoms with Gasteiger partial charge in [-0.2, -0.15) is 0 Å². The number of imide groups is 2. The van der Waals surface area contributed by atoms with Gasteiger partial charge < -0.3 is 34.6 Å². The Morgan fingerprint density at radius 3 is 2.42 bits per heavy atom. The summed E-state index contributed by atoms with van der Waals surface area (Å²) in [7, 11) is 5.66. The average molecular weight is 893 g/mol. The lowest BCUT2D eigenvalue weighted by molar-refractivity contribution is -0.136. The Hall–Kier alpha value is -6.91. The zero-order valence-electron chi connectivity index (χ0n) is 37.7. The minimum Gasteiger partial charge on any atom is -0.494 e. The first-order valence-electron chi connectivity index (χ1n) is 22.8. The Bertz CT molecular complexity index is 2720. The summed E-state index contributed by atoms with van der Waals surface area (Å²) in [6.45, 7) is 10.3. The lowest BCUT2D eigenvalue weighted by atomic mass is 9.87. The molecule has 5 amide bonds. The molecule has 0 aliphatic carbocycles. The topological polar surface area (TPSA) is 174 Å². The van der Waals surface area contributed by atoms with Gasteiger partial charge in [0.25, 0.3) is 11.8 Å². The standard InChI is InChI=1S/C50H56N10O6/c1-5-45(61)52-39-27-40(54-50-51-19-14-38(53-50)37-30-57(3)41-9-7-6-8-34(37)41)44(66-4)28-43(39)56(2)24-25-58-20-15-31(16-21-58)29-59-22-17-32(18-23-59)33-10-11-35-36(26-33)49(65)60(48(35)64)42-12-13-46(62)55-47(42)63/h5-11,14,19,26-28,30-32,42H,1,12-13,15-18,20-25,29H2,2-4H3,(H,52,61)(H,51,53,54)(H,55,62,63). The van der Waals surface area contributed by atoms with Crippen LogP contribution in [0.15, 0.2) is 85.7 Å². The molecule has 0 saturated carbocycles. The SMILES string of the molecule is C=CC(=O)Nc1cc(Nc2nccc(-c3cn(C)c4ccccc34)n2)c(OC)cc1N(C)CCN1CCC(CN2CCC(c3ccc4c(c3)C(=O)N(C3CCC(=O)NC3=O)C4=O)CC2)CC1. The molecule has 66 heavy (non-hydrogen) atoms. The summed E-state index contributed by atoms with van der Waals surface area (Å²) in [5, 5.41) is 9.69. The normalized spacial score (nSPS) is 18.7. The molecule has 5 aromatic rings. The molecule has 4 aliphatic heterocycles. The second-order valence-electron chi connectivity index (χ2n) is 17.9. The Labute approximate surface area is 384 Å². The number of anilines is 4. The van der Waals surface area contributed by atoms with Crippen LogP contribution >= 0.6 is 0 Å². The first-order valence-corrected chi connectivity index (χ1v) is 22.8. The van der Waals surface area contributed by atoms with E-state index in [9.17, 15) is 24.0 Å². The number of hydrogen-bond acceptors (Lipinski definition) is 12. The van der Waals surface area contributed by atoms with Gasteiger partial charge in [-0.1, -0.05) is 30.8 Å². The molecule has 3 fully saturated rings. The zero-order chi connectivity index (χ0) is 46.1. The minimum atomic E-state index is -0.965. The summed E-state index contributed by atoms with van der Waals surface area (Å²) in [6.07, 6.45) is 9.46. The Kier molecular flexibility index (Phi) is 12.7. The number of aryl methyl sites for hydroxylation is 1. The number of para-hydroxylation sites is 1. The molecule has 6 heterocycles. The van der Waals surface area contributed by atoms with Gasteiger partial charge in [0, 0.05) is 75.1 Å². The van der Waals surface area contributed by atoms with Gasteiger partial charge in [-0.25, -0.2) is 9.97 Å². The molecular weight excluding hydrogens is 837 g/mol. The fraction of sp³-hybridized carbons (Fsp3) is 0.380. The maximum atomic E-state index is 13.4. The molecule has 0 bridgehead atoms. The van der Waals surface area contributed by atoms with E-state index in [1.54, 1.807) is 19.4 Å². The number of nitrogens with one attached hydrogen (secondary N) is 3. The molecule has 16 heteroatoms. The van der Waals surface area contributed by atoms with Crippen LogP contribution in [0.5, 0.6) is 5.75 Å². The van der Waals surface area contributed by atoms with E-state index >= 15 is 0 Å². The zero-order valence-corrected chi connectivity index (χ0v) is 37.7. The van der Waals surface area contributed by atoms with Crippen molar-refractivity contribution in [2.24, 2.45) is 13.0 Å². The van der Waals surface area contributed by atoms with E-state index in [4.69, 9.17) is 9.72 Å². The second kappa shape index (κ2) is 18.9. The number of piperidine rings is 3. The number of amides is 5. The van der Waals surface area contributed by atoms with Gasteiger partial charge in [0.2, 0.25) is 23.7 Å². The summed E-state index contributed by atoms with van der Waals surface area (Å²) >= 11 is 0. The highest BCUT2D eigenvalue weighted by Crippen LogP contribution is 2.39. The van der Waals surface area contributed by atoms with Crippen LogP contribution in [0.3, 0.4) is 0 Å². The van der Waals surface area contributed by atoms with Crippen LogP contribution in [0, 0.1) is 5.92 Å². The third kappa shape index (κ3) is 9.02. The number of nitrogens with zero attached hydrogens (tertiary/aromatic N) is 7. The van der Waals surface area contributed by atoms with Crippen molar-refractivity contribution < 1.29 is 28.7 Å². The first kappa shape index (κ1) is 44.3. The van der Waals surface area contributed by atoms with E-state index in [0.717, 1.165) is 110 Å². The summed E-state index contributed by atoms with van der Waals surface area (Å²) in [4.78, 5) is 81.1. The van der Waals surface area contributed by atoms with Gasteiger partial charge >= 0.3 is 0 Å². The van der Waals surface area contributed by atoms with Gasteiger partial charge in [-0.3, -0.25) is 34.2 Å². The highest BCUT2D eigenvalue weighted by molar-refractivity contribution is 6.23. The number of methoxy groups -OCH3 is 1. The van der Waals surface area contributed by atoms with Crippen LogP contribution in [0.25, 0.3) is 22.2 Å². The van der Waals surface area contributed by atoms with Crippen molar-refractivity contribution in [3.05, 3.63) is 102 Å². The summed E-state index contributed by atoms with van der Waals surface area (Å²) < 4.78 is 7.96. The van der Waals surface area contributed by atoms with E-state index < -0.39 is 23.8 Å². The lowest BCUT2D eigenvalue weighted by Crippen LogP contribution is -2.54. The van der Waals surface area contributed by atoms with E-state index in [0.29, 0.717) is 40.1 Å². The predicted octanol–water partition coefficient (Wildman–Crippen LogP) is 5.94. The van der Waals surface area contributed by atoms with Gasteiger partial charge in [0.15, 0.2) is 0 Å². The molecule has 4 aliphatic rings. The fourth-order valence-corrected chi connectivity index (χ4v) is 10.0. The van der Waals surface area contributed by atoms with Crippen LogP contribution in [0.4, 0.5) is 23.0 Å². The highest BCUT2D eigenvalue weighted by Gasteiger charge is 2.45. The summed E-state index contributed by atoms with van der Waals surface area (Å²) in [6, 6.07) is 18.4. The number of aromatic nitrogens is 3. The summed E-state index contributed by atoms with van der Waals surface area (Å²) in [5.74, 6) is -0.377. The Balaban J connectivity index is 0.773. The van der Waals surface area contributed by atoms with Crippen molar-refractivity contribution in [3.8, 4) is 17.0 Å².